The summed E-state index contributed by atoms with van der Waals surface area (Å²) in [4.78, 5) is 0. The smallest absolute Gasteiger partial charge is 0.142 e. The molecule has 0 aliphatic heterocycles. The van der Waals surface area contributed by atoms with E-state index in [1.165, 1.54) is 32.1 Å². The molecule has 3 heteroatoms. The molecule has 1 aromatic rings. The lowest BCUT2D eigenvalue weighted by Crippen LogP contribution is -2.44. The summed E-state index contributed by atoms with van der Waals surface area (Å²) in [5.74, 6) is -0.317. The molecule has 0 saturated heterocycles. The number of hydrogen-bond donors (Lipinski definition) is 1. The molecule has 0 spiro atoms. The Labute approximate surface area is 120 Å². The fourth-order valence-corrected chi connectivity index (χ4v) is 3.42. The molecular weight excluding hydrogens is 261 g/mol. The van der Waals surface area contributed by atoms with Crippen LogP contribution < -0.4 is 5.32 Å². The van der Waals surface area contributed by atoms with Crippen molar-refractivity contribution < 1.29 is 4.39 Å². The number of halogens is 2. The highest BCUT2D eigenvalue weighted by Gasteiger charge is 2.34. The SMILES string of the molecule is CNC(Cc1ccc(Cl)c(F)c1)C1(C)CCCCC1. The molecule has 1 unspecified atom stereocenters. The van der Waals surface area contributed by atoms with Crippen LogP contribution in [0.25, 0.3) is 0 Å². The molecule has 2 rings (SSSR count). The first kappa shape index (κ1) is 14.8. The minimum Gasteiger partial charge on any atom is -0.316 e. The van der Waals surface area contributed by atoms with Gasteiger partial charge < -0.3 is 5.32 Å². The van der Waals surface area contributed by atoms with Crippen LogP contribution in [0.2, 0.25) is 5.02 Å². The summed E-state index contributed by atoms with van der Waals surface area (Å²) in [6.45, 7) is 2.36. The predicted octanol–water partition coefficient (Wildman–Crippen LogP) is 4.58. The predicted molar refractivity (Wildman–Crippen MR) is 79.2 cm³/mol. The quantitative estimate of drug-likeness (QED) is 0.853. The zero-order valence-electron chi connectivity index (χ0n) is 11.8. The van der Waals surface area contributed by atoms with Gasteiger partial charge in [0.05, 0.1) is 5.02 Å². The summed E-state index contributed by atoms with van der Waals surface area (Å²) in [6, 6.07) is 5.55. The zero-order chi connectivity index (χ0) is 13.9. The van der Waals surface area contributed by atoms with Gasteiger partial charge in [0.25, 0.3) is 0 Å². The van der Waals surface area contributed by atoms with Crippen molar-refractivity contribution in [2.24, 2.45) is 5.41 Å². The summed E-state index contributed by atoms with van der Waals surface area (Å²) in [6.07, 6.45) is 7.35. The lowest BCUT2D eigenvalue weighted by atomic mass is 9.69. The van der Waals surface area contributed by atoms with E-state index in [1.807, 2.05) is 13.1 Å². The largest absolute Gasteiger partial charge is 0.316 e. The van der Waals surface area contributed by atoms with Crippen molar-refractivity contribution in [1.29, 1.82) is 0 Å². The molecule has 1 atom stereocenters. The molecule has 19 heavy (non-hydrogen) atoms. The third kappa shape index (κ3) is 3.49. The minimum atomic E-state index is -0.317. The maximum absolute atomic E-state index is 13.5. The molecule has 1 fully saturated rings. The second-order valence-electron chi connectivity index (χ2n) is 6.01. The van der Waals surface area contributed by atoms with E-state index in [0.29, 0.717) is 11.5 Å². The summed E-state index contributed by atoms with van der Waals surface area (Å²) < 4.78 is 13.5. The number of rotatable bonds is 4. The van der Waals surface area contributed by atoms with Crippen molar-refractivity contribution in [3.8, 4) is 0 Å². The molecule has 0 radical (unpaired) electrons. The number of benzene rings is 1. The Hall–Kier alpha value is -0.600. The van der Waals surface area contributed by atoms with Crippen LogP contribution in [0.15, 0.2) is 18.2 Å². The molecule has 0 bridgehead atoms. The fraction of sp³-hybridized carbons (Fsp3) is 0.625. The van der Waals surface area contributed by atoms with Gasteiger partial charge in [-0.15, -0.1) is 0 Å². The van der Waals surface area contributed by atoms with Crippen LogP contribution >= 0.6 is 11.6 Å². The highest BCUT2D eigenvalue weighted by molar-refractivity contribution is 6.30. The van der Waals surface area contributed by atoms with E-state index >= 15 is 0 Å². The van der Waals surface area contributed by atoms with E-state index in [1.54, 1.807) is 12.1 Å². The van der Waals surface area contributed by atoms with Crippen LogP contribution in [-0.4, -0.2) is 13.1 Å². The highest BCUT2D eigenvalue weighted by Crippen LogP contribution is 2.39. The van der Waals surface area contributed by atoms with Crippen LogP contribution in [0, 0.1) is 11.2 Å². The molecule has 0 heterocycles. The Balaban J connectivity index is 2.11. The van der Waals surface area contributed by atoms with Crippen molar-refractivity contribution in [3.05, 3.63) is 34.6 Å². The van der Waals surface area contributed by atoms with E-state index < -0.39 is 0 Å². The first-order chi connectivity index (χ1) is 9.05. The van der Waals surface area contributed by atoms with Crippen LogP contribution in [0.5, 0.6) is 0 Å². The lowest BCUT2D eigenvalue weighted by Gasteiger charge is -2.41. The van der Waals surface area contributed by atoms with Gasteiger partial charge in [0.2, 0.25) is 0 Å². The molecular formula is C16H23ClFN. The number of likely N-dealkylation sites (N-methyl/N-ethyl adjacent to an activating group) is 1. The second kappa shape index (κ2) is 6.23. The van der Waals surface area contributed by atoms with Gasteiger partial charge >= 0.3 is 0 Å². The topological polar surface area (TPSA) is 12.0 Å². The van der Waals surface area contributed by atoms with Crippen LogP contribution in [0.1, 0.15) is 44.6 Å². The van der Waals surface area contributed by atoms with E-state index in [9.17, 15) is 4.39 Å². The standard InChI is InChI=1S/C16H23ClFN/c1-16(8-4-3-5-9-16)15(19-2)11-12-6-7-13(17)14(18)10-12/h6-7,10,15,19H,3-5,8-9,11H2,1-2H3. The Morgan fingerprint density at radius 3 is 2.58 bits per heavy atom. The van der Waals surface area contributed by atoms with E-state index in [2.05, 4.69) is 12.2 Å². The van der Waals surface area contributed by atoms with E-state index in [4.69, 9.17) is 11.6 Å². The maximum atomic E-state index is 13.5. The average molecular weight is 284 g/mol. The molecule has 1 aromatic carbocycles. The third-order valence-electron chi connectivity index (χ3n) is 4.61. The molecule has 1 aliphatic carbocycles. The Morgan fingerprint density at radius 1 is 1.32 bits per heavy atom. The van der Waals surface area contributed by atoms with Gasteiger partial charge in [-0.1, -0.05) is 43.9 Å². The molecule has 1 aliphatic rings. The summed E-state index contributed by atoms with van der Waals surface area (Å²) in [5, 5.41) is 3.64. The normalized spacial score (nSPS) is 20.2. The molecule has 1 saturated carbocycles. The molecule has 0 aromatic heterocycles. The Morgan fingerprint density at radius 2 is 2.00 bits per heavy atom. The third-order valence-corrected chi connectivity index (χ3v) is 4.92. The van der Waals surface area contributed by atoms with Gasteiger partial charge in [0.1, 0.15) is 5.82 Å². The van der Waals surface area contributed by atoms with Gasteiger partial charge in [-0.3, -0.25) is 0 Å². The van der Waals surface area contributed by atoms with E-state index in [0.717, 1.165) is 12.0 Å². The lowest BCUT2D eigenvalue weighted by molar-refractivity contribution is 0.149. The number of hydrogen-bond acceptors (Lipinski definition) is 1. The maximum Gasteiger partial charge on any atom is 0.142 e. The average Bonchev–Trinajstić information content (AvgIpc) is 2.40. The van der Waals surface area contributed by atoms with Crippen molar-refractivity contribution in [2.45, 2.75) is 51.5 Å². The molecule has 1 N–H and O–H groups in total. The Bertz CT molecular complexity index is 427. The van der Waals surface area contributed by atoms with Gasteiger partial charge in [-0.25, -0.2) is 4.39 Å². The summed E-state index contributed by atoms with van der Waals surface area (Å²) in [5.41, 5.74) is 1.34. The van der Waals surface area contributed by atoms with Gasteiger partial charge in [-0.05, 0) is 49.4 Å². The fourth-order valence-electron chi connectivity index (χ4n) is 3.31. The van der Waals surface area contributed by atoms with Crippen LogP contribution in [0.4, 0.5) is 4.39 Å². The zero-order valence-corrected chi connectivity index (χ0v) is 12.6. The number of nitrogens with one attached hydrogen (secondary N) is 1. The first-order valence-corrected chi connectivity index (χ1v) is 7.54. The van der Waals surface area contributed by atoms with Crippen LogP contribution in [-0.2, 0) is 6.42 Å². The van der Waals surface area contributed by atoms with Crippen LogP contribution in [0.3, 0.4) is 0 Å². The van der Waals surface area contributed by atoms with Crippen molar-refractivity contribution >= 4 is 11.6 Å². The molecule has 1 nitrogen and oxygen atoms in total. The van der Waals surface area contributed by atoms with Crippen molar-refractivity contribution in [3.63, 3.8) is 0 Å². The van der Waals surface area contributed by atoms with Crippen molar-refractivity contribution in [2.75, 3.05) is 7.05 Å². The molecule has 0 amide bonds. The molecule has 106 valence electrons. The summed E-state index contributed by atoms with van der Waals surface area (Å²) in [7, 11) is 2.01. The second-order valence-corrected chi connectivity index (χ2v) is 6.42. The minimum absolute atomic E-state index is 0.202. The van der Waals surface area contributed by atoms with Gasteiger partial charge in [0, 0.05) is 6.04 Å². The van der Waals surface area contributed by atoms with Gasteiger partial charge in [-0.2, -0.15) is 0 Å². The monoisotopic (exact) mass is 283 g/mol. The van der Waals surface area contributed by atoms with Crippen molar-refractivity contribution in [1.82, 2.24) is 5.32 Å². The van der Waals surface area contributed by atoms with Gasteiger partial charge in [0.15, 0.2) is 0 Å². The summed E-state index contributed by atoms with van der Waals surface area (Å²) >= 11 is 5.74. The van der Waals surface area contributed by atoms with E-state index in [-0.39, 0.29) is 10.8 Å². The first-order valence-electron chi connectivity index (χ1n) is 7.16. The Kier molecular flexibility index (Phi) is 4.86. The highest BCUT2D eigenvalue weighted by atomic mass is 35.5.